The maximum Gasteiger partial charge on any atom is 0.336 e. The molecule has 0 rings (SSSR count). The molecule has 0 aliphatic rings. The van der Waals surface area contributed by atoms with Gasteiger partial charge in [-0.2, -0.15) is 0 Å². The summed E-state index contributed by atoms with van der Waals surface area (Å²) in [6.07, 6.45) is 0.390. The fraction of sp³-hybridized carbons (Fsp3) is 0.941. The zero-order valence-electron chi connectivity index (χ0n) is 15.1. The van der Waals surface area contributed by atoms with Crippen molar-refractivity contribution in [3.05, 3.63) is 0 Å². The Bertz CT molecular complexity index is 313. The molecule has 20 heavy (non-hydrogen) atoms. The SMILES string of the molecule is CC(CC(C)(C)C)C(OC(C)(C)C)C(=O)OC(C)(C)C. The number of hydrogen-bond donors (Lipinski definition) is 0. The van der Waals surface area contributed by atoms with Crippen LogP contribution in [0.4, 0.5) is 0 Å². The molecule has 0 fully saturated rings. The first kappa shape index (κ1) is 19.4. The molecular formula is C17H34O3. The lowest BCUT2D eigenvalue weighted by Gasteiger charge is -2.34. The third-order valence-electron chi connectivity index (χ3n) is 2.57. The molecule has 0 bridgehead atoms. The van der Waals surface area contributed by atoms with Crippen LogP contribution in [-0.4, -0.2) is 23.3 Å². The van der Waals surface area contributed by atoms with Crippen LogP contribution in [0.5, 0.6) is 0 Å². The summed E-state index contributed by atoms with van der Waals surface area (Å²) in [4.78, 5) is 12.4. The van der Waals surface area contributed by atoms with Crippen molar-refractivity contribution >= 4 is 5.97 Å². The third-order valence-corrected chi connectivity index (χ3v) is 2.57. The smallest absolute Gasteiger partial charge is 0.336 e. The molecule has 0 radical (unpaired) electrons. The molecule has 120 valence electrons. The highest BCUT2D eigenvalue weighted by Crippen LogP contribution is 2.30. The van der Waals surface area contributed by atoms with Crippen LogP contribution < -0.4 is 0 Å². The van der Waals surface area contributed by atoms with Gasteiger partial charge in [0.05, 0.1) is 5.60 Å². The number of carbonyl (C=O) groups is 1. The maximum absolute atomic E-state index is 12.4. The van der Waals surface area contributed by atoms with E-state index in [2.05, 4.69) is 27.7 Å². The zero-order valence-corrected chi connectivity index (χ0v) is 15.1. The van der Waals surface area contributed by atoms with Crippen molar-refractivity contribution in [1.29, 1.82) is 0 Å². The van der Waals surface area contributed by atoms with E-state index < -0.39 is 11.7 Å². The molecule has 2 unspecified atom stereocenters. The topological polar surface area (TPSA) is 35.5 Å². The third kappa shape index (κ3) is 9.35. The molecule has 3 nitrogen and oxygen atoms in total. The largest absolute Gasteiger partial charge is 0.458 e. The van der Waals surface area contributed by atoms with Crippen LogP contribution in [0, 0.1) is 11.3 Å². The zero-order chi connectivity index (χ0) is 16.4. The van der Waals surface area contributed by atoms with E-state index in [1.54, 1.807) is 0 Å². The quantitative estimate of drug-likeness (QED) is 0.709. The highest BCUT2D eigenvalue weighted by atomic mass is 16.6. The van der Waals surface area contributed by atoms with Crippen molar-refractivity contribution in [3.8, 4) is 0 Å². The van der Waals surface area contributed by atoms with E-state index in [1.165, 1.54) is 0 Å². The molecule has 0 saturated heterocycles. The van der Waals surface area contributed by atoms with Crippen molar-refractivity contribution in [3.63, 3.8) is 0 Å². The fourth-order valence-electron chi connectivity index (χ4n) is 2.21. The molecule has 0 N–H and O–H groups in total. The van der Waals surface area contributed by atoms with Gasteiger partial charge in [-0.25, -0.2) is 4.79 Å². The first-order valence-electron chi connectivity index (χ1n) is 7.51. The summed E-state index contributed by atoms with van der Waals surface area (Å²) in [6, 6.07) is 0. The van der Waals surface area contributed by atoms with E-state index in [1.807, 2.05) is 41.5 Å². The Kier molecular flexibility index (Phi) is 6.28. The molecule has 0 aliphatic heterocycles. The van der Waals surface area contributed by atoms with Gasteiger partial charge in [0, 0.05) is 0 Å². The Hall–Kier alpha value is -0.570. The second-order valence-corrected chi connectivity index (χ2v) is 8.93. The average molecular weight is 286 g/mol. The normalized spacial score (nSPS) is 16.7. The number of rotatable bonds is 4. The Morgan fingerprint density at radius 3 is 1.65 bits per heavy atom. The Morgan fingerprint density at radius 2 is 1.35 bits per heavy atom. The first-order chi connectivity index (χ1) is 8.61. The van der Waals surface area contributed by atoms with Crippen molar-refractivity contribution in [2.75, 3.05) is 0 Å². The van der Waals surface area contributed by atoms with Crippen LogP contribution in [0.2, 0.25) is 0 Å². The van der Waals surface area contributed by atoms with E-state index >= 15 is 0 Å². The molecule has 0 spiro atoms. The predicted octanol–water partition coefficient (Wildman–Crippen LogP) is 4.58. The molecule has 2 atom stereocenters. The van der Waals surface area contributed by atoms with E-state index in [0.29, 0.717) is 0 Å². The lowest BCUT2D eigenvalue weighted by Crippen LogP contribution is -2.42. The molecule has 0 saturated carbocycles. The van der Waals surface area contributed by atoms with Gasteiger partial charge < -0.3 is 9.47 Å². The highest BCUT2D eigenvalue weighted by molar-refractivity contribution is 5.75. The van der Waals surface area contributed by atoms with Crippen molar-refractivity contribution < 1.29 is 14.3 Å². The summed E-state index contributed by atoms with van der Waals surface area (Å²) in [5.74, 6) is -0.145. The summed E-state index contributed by atoms with van der Waals surface area (Å²) < 4.78 is 11.5. The molecular weight excluding hydrogens is 252 g/mol. The van der Waals surface area contributed by atoms with Gasteiger partial charge in [-0.1, -0.05) is 27.7 Å². The van der Waals surface area contributed by atoms with Gasteiger partial charge in [-0.05, 0) is 59.3 Å². The number of ether oxygens (including phenoxy) is 2. The van der Waals surface area contributed by atoms with Crippen LogP contribution in [-0.2, 0) is 14.3 Å². The van der Waals surface area contributed by atoms with Crippen LogP contribution in [0.25, 0.3) is 0 Å². The second kappa shape index (κ2) is 6.46. The minimum absolute atomic E-state index is 0.115. The van der Waals surface area contributed by atoms with Crippen LogP contribution >= 0.6 is 0 Å². The Morgan fingerprint density at radius 1 is 0.900 bits per heavy atom. The van der Waals surface area contributed by atoms with Crippen LogP contribution in [0.3, 0.4) is 0 Å². The monoisotopic (exact) mass is 286 g/mol. The minimum atomic E-state index is -0.520. The average Bonchev–Trinajstić information content (AvgIpc) is 2.06. The van der Waals surface area contributed by atoms with Gasteiger partial charge in [-0.15, -0.1) is 0 Å². The Labute approximate surface area is 125 Å². The first-order valence-corrected chi connectivity index (χ1v) is 7.51. The molecule has 0 aromatic heterocycles. The van der Waals surface area contributed by atoms with Crippen LogP contribution in [0.1, 0.15) is 75.7 Å². The van der Waals surface area contributed by atoms with Gasteiger partial charge in [0.15, 0.2) is 6.10 Å². The molecule has 3 heteroatoms. The van der Waals surface area contributed by atoms with E-state index in [-0.39, 0.29) is 22.9 Å². The van der Waals surface area contributed by atoms with Gasteiger partial charge in [-0.3, -0.25) is 0 Å². The van der Waals surface area contributed by atoms with Gasteiger partial charge in [0.1, 0.15) is 5.60 Å². The molecule has 0 amide bonds. The van der Waals surface area contributed by atoms with E-state index in [9.17, 15) is 4.79 Å². The summed E-state index contributed by atoms with van der Waals surface area (Å²) in [5, 5.41) is 0. The van der Waals surface area contributed by atoms with Crippen molar-refractivity contribution in [2.24, 2.45) is 11.3 Å². The Balaban J connectivity index is 5.03. The molecule has 0 aromatic carbocycles. The lowest BCUT2D eigenvalue weighted by atomic mass is 9.83. The van der Waals surface area contributed by atoms with Crippen molar-refractivity contribution in [1.82, 2.24) is 0 Å². The fourth-order valence-corrected chi connectivity index (χ4v) is 2.21. The second-order valence-electron chi connectivity index (χ2n) is 8.93. The van der Waals surface area contributed by atoms with E-state index in [4.69, 9.17) is 9.47 Å². The van der Waals surface area contributed by atoms with Gasteiger partial charge in [0.2, 0.25) is 0 Å². The molecule has 0 heterocycles. The summed E-state index contributed by atoms with van der Waals surface area (Å²) in [5.41, 5.74) is -0.702. The van der Waals surface area contributed by atoms with Crippen molar-refractivity contribution in [2.45, 2.75) is 93.0 Å². The van der Waals surface area contributed by atoms with Gasteiger partial charge >= 0.3 is 5.97 Å². The number of carbonyl (C=O) groups excluding carboxylic acids is 1. The maximum atomic E-state index is 12.4. The van der Waals surface area contributed by atoms with Crippen LogP contribution in [0.15, 0.2) is 0 Å². The standard InChI is InChI=1S/C17H34O3/c1-12(11-15(2,3)4)13(19-16(5,6)7)14(18)20-17(8,9)10/h12-13H,11H2,1-10H3. The highest BCUT2D eigenvalue weighted by Gasteiger charge is 2.35. The van der Waals surface area contributed by atoms with E-state index in [0.717, 1.165) is 6.42 Å². The number of hydrogen-bond acceptors (Lipinski definition) is 3. The minimum Gasteiger partial charge on any atom is -0.458 e. The summed E-state index contributed by atoms with van der Waals surface area (Å²) >= 11 is 0. The lowest BCUT2D eigenvalue weighted by molar-refractivity contribution is -0.183. The van der Waals surface area contributed by atoms with Gasteiger partial charge in [0.25, 0.3) is 0 Å². The number of esters is 1. The summed E-state index contributed by atoms with van der Waals surface area (Å²) in [6.45, 7) is 20.1. The molecule has 0 aliphatic carbocycles. The predicted molar refractivity (Wildman–Crippen MR) is 83.7 cm³/mol. The molecule has 0 aromatic rings. The summed E-state index contributed by atoms with van der Waals surface area (Å²) in [7, 11) is 0.